The molecule has 0 amide bonds. The van der Waals surface area contributed by atoms with Crippen LogP contribution in [0.4, 0.5) is 0 Å². The van der Waals surface area contributed by atoms with E-state index in [1.165, 1.54) is 65.5 Å². The molecule has 0 spiro atoms. The van der Waals surface area contributed by atoms with E-state index >= 15 is 0 Å². The van der Waals surface area contributed by atoms with E-state index in [0.717, 1.165) is 0 Å². The van der Waals surface area contributed by atoms with Gasteiger partial charge in [-0.2, -0.15) is 34.4 Å². The molecular weight excluding hydrogens is 611 g/mol. The molecule has 5 heteroatoms. The van der Waals surface area contributed by atoms with Gasteiger partial charge < -0.3 is 0 Å². The third kappa shape index (κ3) is 6.45. The summed E-state index contributed by atoms with van der Waals surface area (Å²) in [5, 5.41) is 1.08. The van der Waals surface area contributed by atoms with E-state index < -0.39 is 20.8 Å². The van der Waals surface area contributed by atoms with Gasteiger partial charge in [-0.15, -0.1) is 33.3 Å². The van der Waals surface area contributed by atoms with Gasteiger partial charge in [-0.05, 0) is 49.9 Å². The second kappa shape index (κ2) is 12.9. The molecule has 0 N–H and O–H groups in total. The maximum absolute atomic E-state index is 4.93. The van der Waals surface area contributed by atoms with E-state index in [2.05, 4.69) is 114 Å². The summed E-state index contributed by atoms with van der Waals surface area (Å²) in [6.07, 6.45) is 11.4. The summed E-state index contributed by atoms with van der Waals surface area (Å²) in [5.41, 5.74) is 13.8. The quantitative estimate of drug-likeness (QED) is 0.300. The Bertz CT molecular complexity index is 1290. The molecule has 4 aliphatic rings. The van der Waals surface area contributed by atoms with Crippen LogP contribution in [-0.2, 0) is 20.8 Å². The number of benzene rings is 2. The van der Waals surface area contributed by atoms with Crippen LogP contribution in [0.3, 0.4) is 0 Å². The number of thioether (sulfide) groups is 2. The summed E-state index contributed by atoms with van der Waals surface area (Å²) >= 11 is 3.04. The van der Waals surface area contributed by atoms with Crippen molar-refractivity contribution in [1.29, 1.82) is 0 Å². The Balaban J connectivity index is 0.000000157. The summed E-state index contributed by atoms with van der Waals surface area (Å²) in [5.74, 6) is 0. The molecule has 2 aromatic rings. The number of rotatable bonds is 2. The van der Waals surface area contributed by atoms with Crippen molar-refractivity contribution in [2.24, 2.45) is 0 Å². The van der Waals surface area contributed by atoms with Crippen molar-refractivity contribution >= 4 is 51.7 Å². The first-order chi connectivity index (χ1) is 17.7. The van der Waals surface area contributed by atoms with Crippen molar-refractivity contribution in [3.8, 4) is 0 Å². The monoisotopic (exact) mass is 638 g/mol. The fraction of sp³-hybridized carbons (Fsp3) is 0.250. The summed E-state index contributed by atoms with van der Waals surface area (Å²) in [6, 6.07) is 17.3. The number of allylic oxidation sites excluding steroid dienone is 8. The van der Waals surface area contributed by atoms with Crippen LogP contribution in [0.15, 0.2) is 92.8 Å². The van der Waals surface area contributed by atoms with E-state index in [4.69, 9.17) is 17.0 Å². The third-order valence-corrected chi connectivity index (χ3v) is 8.98. The Labute approximate surface area is 249 Å². The molecule has 2 aliphatic carbocycles. The van der Waals surface area contributed by atoms with Crippen LogP contribution in [-0.4, -0.2) is 10.5 Å². The Morgan fingerprint density at radius 2 is 1.00 bits per heavy atom. The second-order valence-corrected chi connectivity index (χ2v) is 15.9. The van der Waals surface area contributed by atoms with Crippen molar-refractivity contribution < 1.29 is 20.8 Å². The Hall–Kier alpha value is -0.957. The maximum atomic E-state index is 4.93. The van der Waals surface area contributed by atoms with Crippen molar-refractivity contribution in [2.45, 2.75) is 52.0 Å². The molecule has 37 heavy (non-hydrogen) atoms. The van der Waals surface area contributed by atoms with E-state index in [9.17, 15) is 0 Å². The molecule has 188 valence electrons. The molecule has 2 heterocycles. The summed E-state index contributed by atoms with van der Waals surface area (Å²) in [6.45, 7) is 13.2. The van der Waals surface area contributed by atoms with Crippen LogP contribution in [0.2, 0.25) is 0 Å². The van der Waals surface area contributed by atoms with E-state index in [-0.39, 0.29) is 0 Å². The number of halogens is 2. The summed E-state index contributed by atoms with van der Waals surface area (Å²) < 4.78 is 0. The minimum atomic E-state index is -0.826. The van der Waals surface area contributed by atoms with Gasteiger partial charge in [0, 0.05) is 10.5 Å². The molecule has 2 unspecified atom stereocenters. The van der Waals surface area contributed by atoms with E-state index in [1.54, 1.807) is 0 Å². The van der Waals surface area contributed by atoms with Gasteiger partial charge in [0.15, 0.2) is 0 Å². The molecule has 0 nitrogen and oxygen atoms in total. The van der Waals surface area contributed by atoms with Crippen LogP contribution in [0.1, 0.15) is 49.9 Å². The topological polar surface area (TPSA) is 0 Å². The fourth-order valence-electron chi connectivity index (χ4n) is 5.10. The molecule has 0 saturated carbocycles. The zero-order valence-electron chi connectivity index (χ0n) is 22.0. The van der Waals surface area contributed by atoms with Crippen LogP contribution >= 0.6 is 40.5 Å². The average Bonchev–Trinajstić information content (AvgIpc) is 3.54. The normalized spacial score (nSPS) is 21.1. The number of hydrogen-bond donors (Lipinski definition) is 0. The van der Waals surface area contributed by atoms with Crippen molar-refractivity contribution in [3.63, 3.8) is 0 Å². The predicted octanol–water partition coefficient (Wildman–Crippen LogP) is 10.4. The van der Waals surface area contributed by atoms with Gasteiger partial charge in [-0.1, -0.05) is 73.5 Å². The van der Waals surface area contributed by atoms with Crippen molar-refractivity contribution in [1.82, 2.24) is 0 Å². The minimum absolute atomic E-state index is 0.540. The molecule has 0 aromatic heterocycles. The van der Waals surface area contributed by atoms with E-state index in [1.807, 2.05) is 23.5 Å². The zero-order chi connectivity index (χ0) is 26.7. The van der Waals surface area contributed by atoms with Gasteiger partial charge in [-0.3, -0.25) is 0 Å². The first-order valence-electron chi connectivity index (χ1n) is 12.3. The van der Waals surface area contributed by atoms with Crippen LogP contribution in [0.5, 0.6) is 0 Å². The molecule has 0 radical (unpaired) electrons. The van der Waals surface area contributed by atoms with Gasteiger partial charge in [0.1, 0.15) is 0 Å². The molecule has 2 aromatic carbocycles. The van der Waals surface area contributed by atoms with Gasteiger partial charge in [-0.25, -0.2) is 12.2 Å². The number of fused-ring (bicyclic) bond motifs is 2. The molecule has 0 bridgehead atoms. The van der Waals surface area contributed by atoms with Gasteiger partial charge in [0.05, 0.1) is 0 Å². The Kier molecular flexibility index (Phi) is 10.1. The van der Waals surface area contributed by atoms with Crippen molar-refractivity contribution in [3.05, 3.63) is 127 Å². The van der Waals surface area contributed by atoms with E-state index in [0.29, 0.717) is 10.5 Å². The first-order valence-corrected chi connectivity index (χ1v) is 20.4. The number of hydrogen-bond acceptors (Lipinski definition) is 2. The fourth-order valence-corrected chi connectivity index (χ4v) is 7.59. The van der Waals surface area contributed by atoms with Crippen molar-refractivity contribution in [2.75, 3.05) is 0 Å². The molecule has 0 saturated heterocycles. The molecule has 0 fully saturated rings. The van der Waals surface area contributed by atoms with Gasteiger partial charge >= 0.3 is 37.9 Å². The average molecular weight is 641 g/mol. The third-order valence-electron chi connectivity index (χ3n) is 6.69. The summed E-state index contributed by atoms with van der Waals surface area (Å²) in [7, 11) is 9.87. The second-order valence-electron chi connectivity index (χ2n) is 9.44. The predicted molar refractivity (Wildman–Crippen MR) is 163 cm³/mol. The molecule has 2 aliphatic heterocycles. The molecule has 2 atom stereocenters. The first kappa shape index (κ1) is 29.0. The molecule has 6 rings (SSSR count). The Morgan fingerprint density at radius 3 is 1.35 bits per heavy atom. The summed E-state index contributed by atoms with van der Waals surface area (Å²) in [4.78, 5) is 2.65. The standard InChI is InChI=1S/2C16H15S.2ClH.Zr/c2*1-10-8-14-15(9-10)17-12(3)16(14)13-7-5-4-6-11(13)2;;;/h2*4-8,12H,1-3H3;2*1H;/q2*-1;;;+4/p-2. The number of aryl methyl sites for hydroxylation is 2. The molecular formula is C32H30Cl2S2Zr. The van der Waals surface area contributed by atoms with Crippen LogP contribution in [0.25, 0.3) is 11.1 Å². The Morgan fingerprint density at radius 1 is 0.649 bits per heavy atom. The SMILES string of the molecule is CC1=CC2=C(c3ccccc3C)C(C)SC2=[C-]1.CC1=CC2=C(c3ccccc3C)C(C)SC2=[C-]1.[Cl][Zr+2][Cl]. The van der Waals surface area contributed by atoms with Crippen LogP contribution in [0, 0.1) is 26.0 Å². The zero-order valence-corrected chi connectivity index (χ0v) is 27.6. The van der Waals surface area contributed by atoms with Crippen LogP contribution < -0.4 is 0 Å². The van der Waals surface area contributed by atoms with Gasteiger partial charge in [0.25, 0.3) is 0 Å². The van der Waals surface area contributed by atoms with Gasteiger partial charge in [0.2, 0.25) is 0 Å².